The van der Waals surface area contributed by atoms with Crippen LogP contribution in [0.4, 0.5) is 16.3 Å². The van der Waals surface area contributed by atoms with Crippen LogP contribution in [0.2, 0.25) is 0 Å². The molecule has 3 aromatic rings. The highest BCUT2D eigenvalue weighted by Gasteiger charge is 2.20. The van der Waals surface area contributed by atoms with Gasteiger partial charge in [0.2, 0.25) is 0 Å². The van der Waals surface area contributed by atoms with Crippen LogP contribution in [0.3, 0.4) is 0 Å². The van der Waals surface area contributed by atoms with Crippen molar-refractivity contribution in [3.63, 3.8) is 0 Å². The second kappa shape index (κ2) is 8.69. The fraction of sp³-hybridized carbons (Fsp3) is 0.318. The Hall–Kier alpha value is -3.15. The van der Waals surface area contributed by atoms with Crippen LogP contribution in [-0.4, -0.2) is 16.2 Å². The summed E-state index contributed by atoms with van der Waals surface area (Å²) in [5.41, 5.74) is 2.91. The number of hydrogen-bond donors (Lipinski definition) is 2. The van der Waals surface area contributed by atoms with Gasteiger partial charge >= 0.3 is 6.03 Å². The molecule has 2 aromatic heterocycles. The third kappa shape index (κ3) is 5.67. The fourth-order valence-electron chi connectivity index (χ4n) is 2.74. The number of aryl methyl sites for hydroxylation is 2. The molecule has 3 rings (SSSR count). The molecule has 1 aromatic carbocycles. The van der Waals surface area contributed by atoms with Gasteiger partial charge < -0.3 is 9.84 Å². The highest BCUT2D eigenvalue weighted by Crippen LogP contribution is 2.24. The number of carbonyl (C=O) groups excluding carboxylic acids is 1. The smallest absolute Gasteiger partial charge is 0.324 e. The first-order valence-electron chi connectivity index (χ1n) is 9.44. The van der Waals surface area contributed by atoms with Gasteiger partial charge in [0.15, 0.2) is 5.82 Å². The number of hydrogen-bond acceptors (Lipinski definition) is 4. The summed E-state index contributed by atoms with van der Waals surface area (Å²) in [6.07, 6.45) is 4.78. The van der Waals surface area contributed by atoms with E-state index in [0.717, 1.165) is 36.4 Å². The van der Waals surface area contributed by atoms with Gasteiger partial charge in [0, 0.05) is 29.1 Å². The predicted octanol–water partition coefficient (Wildman–Crippen LogP) is 5.19. The molecule has 0 bridgehead atoms. The second-order valence-electron chi connectivity index (χ2n) is 7.78. The minimum Gasteiger partial charge on any atom is -0.359 e. The average Bonchev–Trinajstić information content (AvgIpc) is 3.13. The van der Waals surface area contributed by atoms with Gasteiger partial charge in [0.25, 0.3) is 0 Å². The van der Waals surface area contributed by atoms with Crippen molar-refractivity contribution in [3.8, 4) is 0 Å². The van der Waals surface area contributed by atoms with Gasteiger partial charge in [-0.1, -0.05) is 44.1 Å². The zero-order chi connectivity index (χ0) is 20.0. The Balaban J connectivity index is 1.47. The highest BCUT2D eigenvalue weighted by molar-refractivity contribution is 5.99. The molecule has 2 heterocycles. The molecular weight excluding hydrogens is 352 g/mol. The number of benzene rings is 1. The van der Waals surface area contributed by atoms with Crippen LogP contribution in [0.15, 0.2) is 59.3 Å². The molecule has 2 amide bonds. The van der Waals surface area contributed by atoms with Gasteiger partial charge in [-0.3, -0.25) is 10.3 Å². The van der Waals surface area contributed by atoms with Crippen molar-refractivity contribution >= 4 is 17.5 Å². The molecule has 0 radical (unpaired) electrons. The largest absolute Gasteiger partial charge is 0.359 e. The molecular formula is C22H26N4O2. The highest BCUT2D eigenvalue weighted by atomic mass is 16.5. The maximum Gasteiger partial charge on any atom is 0.324 e. The third-order valence-electron chi connectivity index (χ3n) is 4.33. The molecule has 6 heteroatoms. The lowest BCUT2D eigenvalue weighted by atomic mass is 9.93. The Kier molecular flexibility index (Phi) is 6.09. The van der Waals surface area contributed by atoms with Crippen LogP contribution in [-0.2, 0) is 18.3 Å². The van der Waals surface area contributed by atoms with E-state index in [1.54, 1.807) is 6.07 Å². The average molecular weight is 378 g/mol. The van der Waals surface area contributed by atoms with E-state index < -0.39 is 0 Å². The Morgan fingerprint density at radius 3 is 2.46 bits per heavy atom. The number of carbonyl (C=O) groups is 1. The van der Waals surface area contributed by atoms with Gasteiger partial charge in [0.05, 0.1) is 0 Å². The molecule has 0 saturated heterocycles. The molecule has 146 valence electrons. The maximum absolute atomic E-state index is 12.1. The van der Waals surface area contributed by atoms with Crippen LogP contribution < -0.4 is 10.6 Å². The zero-order valence-corrected chi connectivity index (χ0v) is 16.5. The fourth-order valence-corrected chi connectivity index (χ4v) is 2.74. The number of nitrogens with one attached hydrogen (secondary N) is 2. The Morgan fingerprint density at radius 2 is 1.82 bits per heavy atom. The summed E-state index contributed by atoms with van der Waals surface area (Å²) < 4.78 is 5.27. The quantitative estimate of drug-likeness (QED) is 0.619. The Morgan fingerprint density at radius 1 is 1.04 bits per heavy atom. The lowest BCUT2D eigenvalue weighted by molar-refractivity contribution is 0.262. The molecule has 6 nitrogen and oxygen atoms in total. The first kappa shape index (κ1) is 19.6. The standard InChI is InChI=1S/C22H26N4O2/c1-22(2,3)19-15-20(26-28-19)25-21(27)24-18-12-10-16(11-13-18)7-6-9-17-8-4-5-14-23-17/h4-5,8,10-15H,6-7,9H2,1-3H3,(H2,24,25,26,27). The second-order valence-corrected chi connectivity index (χ2v) is 7.78. The maximum atomic E-state index is 12.1. The van der Waals surface area contributed by atoms with E-state index in [4.69, 9.17) is 4.52 Å². The van der Waals surface area contributed by atoms with Crippen LogP contribution in [0.25, 0.3) is 0 Å². The van der Waals surface area contributed by atoms with Gasteiger partial charge in [-0.2, -0.15) is 0 Å². The first-order valence-corrected chi connectivity index (χ1v) is 9.44. The topological polar surface area (TPSA) is 80.0 Å². The van der Waals surface area contributed by atoms with Crippen molar-refractivity contribution in [3.05, 3.63) is 71.7 Å². The van der Waals surface area contributed by atoms with Gasteiger partial charge in [-0.15, -0.1) is 0 Å². The van der Waals surface area contributed by atoms with Crippen molar-refractivity contribution in [1.29, 1.82) is 0 Å². The van der Waals surface area contributed by atoms with Crippen molar-refractivity contribution in [1.82, 2.24) is 10.1 Å². The summed E-state index contributed by atoms with van der Waals surface area (Å²) in [7, 11) is 0. The summed E-state index contributed by atoms with van der Waals surface area (Å²) in [5, 5.41) is 9.38. The molecule has 0 spiro atoms. The molecule has 0 unspecified atom stereocenters. The SMILES string of the molecule is CC(C)(C)c1cc(NC(=O)Nc2ccc(CCCc3ccccn3)cc2)no1. The summed E-state index contributed by atoms with van der Waals surface area (Å²) >= 11 is 0. The van der Waals surface area contributed by atoms with Crippen LogP contribution in [0, 0.1) is 0 Å². The monoisotopic (exact) mass is 378 g/mol. The van der Waals surface area contributed by atoms with Gasteiger partial charge in [-0.25, -0.2) is 4.79 Å². The minimum absolute atomic E-state index is 0.157. The molecule has 0 atom stereocenters. The van der Waals surface area contributed by atoms with Crippen LogP contribution >= 0.6 is 0 Å². The van der Waals surface area contributed by atoms with Crippen molar-refractivity contribution in [2.24, 2.45) is 0 Å². The molecule has 0 aliphatic heterocycles. The molecule has 28 heavy (non-hydrogen) atoms. The predicted molar refractivity (Wildman–Crippen MR) is 111 cm³/mol. The normalized spacial score (nSPS) is 11.2. The Labute approximate surface area is 165 Å². The number of anilines is 2. The summed E-state index contributed by atoms with van der Waals surface area (Å²) in [5.74, 6) is 1.12. The van der Waals surface area contributed by atoms with Crippen molar-refractivity contribution in [2.45, 2.75) is 45.4 Å². The van der Waals surface area contributed by atoms with Gasteiger partial charge in [-0.05, 0) is 49.1 Å². The van der Waals surface area contributed by atoms with E-state index in [9.17, 15) is 4.79 Å². The first-order chi connectivity index (χ1) is 13.4. The van der Waals surface area contributed by atoms with E-state index in [1.165, 1.54) is 5.56 Å². The van der Waals surface area contributed by atoms with E-state index >= 15 is 0 Å². The summed E-state index contributed by atoms with van der Waals surface area (Å²) in [4.78, 5) is 16.5. The molecule has 0 aliphatic carbocycles. The molecule has 0 fully saturated rings. The van der Waals surface area contributed by atoms with E-state index in [-0.39, 0.29) is 11.4 Å². The van der Waals surface area contributed by atoms with E-state index in [2.05, 4.69) is 20.8 Å². The molecule has 0 saturated carbocycles. The lowest BCUT2D eigenvalue weighted by Gasteiger charge is -2.12. The van der Waals surface area contributed by atoms with Gasteiger partial charge in [0.1, 0.15) is 5.76 Å². The number of nitrogens with zero attached hydrogens (tertiary/aromatic N) is 2. The Bertz CT molecular complexity index is 896. The van der Waals surface area contributed by atoms with Crippen LogP contribution in [0.1, 0.15) is 44.2 Å². The van der Waals surface area contributed by atoms with E-state index in [1.807, 2.05) is 69.4 Å². The molecule has 0 aliphatic rings. The van der Waals surface area contributed by atoms with E-state index in [0.29, 0.717) is 5.82 Å². The number of pyridine rings is 1. The summed E-state index contributed by atoms with van der Waals surface area (Å²) in [6.45, 7) is 6.07. The van der Waals surface area contributed by atoms with Crippen molar-refractivity contribution < 1.29 is 9.32 Å². The number of aromatic nitrogens is 2. The number of urea groups is 1. The minimum atomic E-state index is -0.350. The molecule has 2 N–H and O–H groups in total. The van der Waals surface area contributed by atoms with Crippen molar-refractivity contribution in [2.75, 3.05) is 10.6 Å². The van der Waals surface area contributed by atoms with Crippen LogP contribution in [0.5, 0.6) is 0 Å². The zero-order valence-electron chi connectivity index (χ0n) is 16.5. The third-order valence-corrected chi connectivity index (χ3v) is 4.33. The number of amides is 2. The number of rotatable bonds is 6. The summed E-state index contributed by atoms with van der Waals surface area (Å²) in [6, 6.07) is 15.2. The lowest BCUT2D eigenvalue weighted by Crippen LogP contribution is -2.19.